The highest BCUT2D eigenvalue weighted by Gasteiger charge is 2.47. The molecule has 3 aliphatic rings. The summed E-state index contributed by atoms with van der Waals surface area (Å²) in [5, 5.41) is 9.02. The van der Waals surface area contributed by atoms with Crippen LogP contribution >= 0.6 is 11.8 Å². The summed E-state index contributed by atoms with van der Waals surface area (Å²) in [6.07, 6.45) is -4.98. The van der Waals surface area contributed by atoms with Crippen LogP contribution in [0, 0.1) is 5.41 Å². The molecule has 2 saturated carbocycles. The van der Waals surface area contributed by atoms with Crippen molar-refractivity contribution < 1.29 is 49.4 Å². The predicted molar refractivity (Wildman–Crippen MR) is 146 cm³/mol. The van der Waals surface area contributed by atoms with E-state index >= 15 is 0 Å². The topological polar surface area (TPSA) is 87.2 Å². The van der Waals surface area contributed by atoms with Crippen LogP contribution in [0.3, 0.4) is 0 Å². The molecule has 0 amide bonds. The zero-order chi connectivity index (χ0) is 31.3. The molecule has 42 heavy (non-hydrogen) atoms. The number of halogens is 6. The molecule has 4 rings (SSSR count). The van der Waals surface area contributed by atoms with Gasteiger partial charge in [-0.25, -0.2) is 34.8 Å². The number of thioether (sulfide) groups is 1. The van der Waals surface area contributed by atoms with Crippen molar-refractivity contribution in [3.05, 3.63) is 12.1 Å². The molecule has 238 valence electrons. The second kappa shape index (κ2) is 11.9. The molecule has 0 saturated heterocycles. The van der Waals surface area contributed by atoms with Gasteiger partial charge in [0.05, 0.1) is 16.0 Å². The first kappa shape index (κ1) is 33.0. The van der Waals surface area contributed by atoms with E-state index in [9.17, 15) is 44.7 Å². The molecule has 7 nitrogen and oxygen atoms in total. The number of ether oxygens (including phenoxy) is 1. The first-order chi connectivity index (χ1) is 19.3. The number of alkyl halides is 6. The summed E-state index contributed by atoms with van der Waals surface area (Å²) < 4.78 is 117. The zero-order valence-corrected chi connectivity index (χ0v) is 25.2. The number of carboxylic acid groups (broad SMARTS) is 1. The van der Waals surface area contributed by atoms with E-state index in [1.807, 2.05) is 0 Å². The van der Waals surface area contributed by atoms with Gasteiger partial charge in [-0.3, -0.25) is 4.79 Å². The quantitative estimate of drug-likeness (QED) is 0.291. The van der Waals surface area contributed by atoms with Crippen molar-refractivity contribution in [1.29, 1.82) is 0 Å². The van der Waals surface area contributed by atoms with Gasteiger partial charge in [-0.1, -0.05) is 0 Å². The molecule has 0 aromatic heterocycles. The molecule has 1 atom stereocenters. The molecule has 0 bridgehead atoms. The average Bonchev–Trinajstić information content (AvgIpc) is 2.93. The van der Waals surface area contributed by atoms with E-state index in [2.05, 4.69) is 0 Å². The van der Waals surface area contributed by atoms with Crippen molar-refractivity contribution in [1.82, 2.24) is 4.31 Å². The lowest BCUT2D eigenvalue weighted by atomic mass is 9.90. The summed E-state index contributed by atoms with van der Waals surface area (Å²) in [5.41, 5.74) is -1.21. The molecule has 1 heterocycles. The van der Waals surface area contributed by atoms with Crippen molar-refractivity contribution in [3.63, 3.8) is 0 Å². The van der Waals surface area contributed by atoms with Gasteiger partial charge >= 0.3 is 5.97 Å². The third-order valence-corrected chi connectivity index (χ3v) is 11.5. The number of nitrogens with zero attached hydrogens (tertiary/aromatic N) is 2. The fraction of sp³-hybridized carbons (Fsp3) is 0.741. The Morgan fingerprint density at radius 2 is 1.76 bits per heavy atom. The molecular weight excluding hydrogens is 610 g/mol. The summed E-state index contributed by atoms with van der Waals surface area (Å²) in [5.74, 6) is -6.88. The number of hydrogen-bond donors (Lipinski definition) is 1. The third kappa shape index (κ3) is 7.25. The molecule has 1 aliphatic heterocycles. The molecule has 2 aliphatic carbocycles. The standard InChI is InChI=1S/C27H36F6N2O5S2/c1-25(2,24(36)37)15-40-20-11-22-19(10-21(20)41-18-12-27(32,33)13-18)35(16-6-8-26(30,31)9-7-16)14-17(4-5-23(28)29)34(3)42(22,38)39/h10-11,16-18,23H,4-9,12-15H2,1-3H3,(H,36,37)/t17-/m1/s1. The van der Waals surface area contributed by atoms with Crippen LogP contribution in [0.5, 0.6) is 5.75 Å². The smallest absolute Gasteiger partial charge is 0.312 e. The Morgan fingerprint density at radius 1 is 1.14 bits per heavy atom. The Balaban J connectivity index is 1.81. The van der Waals surface area contributed by atoms with Gasteiger partial charge in [0.2, 0.25) is 28.3 Å². The molecular formula is C27H36F6N2O5S2. The van der Waals surface area contributed by atoms with E-state index < -0.39 is 89.1 Å². The number of sulfonamides is 1. The lowest BCUT2D eigenvalue weighted by Crippen LogP contribution is -2.47. The Labute approximate surface area is 246 Å². The minimum absolute atomic E-state index is 0.0126. The highest BCUT2D eigenvalue weighted by Crippen LogP contribution is 2.51. The Morgan fingerprint density at radius 3 is 2.31 bits per heavy atom. The monoisotopic (exact) mass is 646 g/mol. The van der Waals surface area contributed by atoms with Crippen molar-refractivity contribution in [2.24, 2.45) is 5.41 Å². The third-order valence-electron chi connectivity index (χ3n) is 8.27. The summed E-state index contributed by atoms with van der Waals surface area (Å²) in [7, 11) is -3.04. The van der Waals surface area contributed by atoms with E-state index in [0.29, 0.717) is 4.90 Å². The van der Waals surface area contributed by atoms with Gasteiger partial charge in [0.15, 0.2) is 0 Å². The number of carboxylic acids is 1. The second-order valence-electron chi connectivity index (χ2n) is 12.1. The Kier molecular flexibility index (Phi) is 9.36. The number of benzene rings is 1. The van der Waals surface area contributed by atoms with Crippen LogP contribution in [0.1, 0.15) is 65.2 Å². The van der Waals surface area contributed by atoms with Gasteiger partial charge in [-0.05, 0) is 39.2 Å². The van der Waals surface area contributed by atoms with E-state index in [-0.39, 0.29) is 48.7 Å². The average molecular weight is 647 g/mol. The van der Waals surface area contributed by atoms with Crippen molar-refractivity contribution in [3.8, 4) is 5.75 Å². The molecule has 1 aromatic carbocycles. The van der Waals surface area contributed by atoms with Gasteiger partial charge in [0.25, 0.3) is 0 Å². The lowest BCUT2D eigenvalue weighted by Gasteiger charge is -2.40. The van der Waals surface area contributed by atoms with Gasteiger partial charge < -0.3 is 14.7 Å². The number of anilines is 1. The number of aliphatic carboxylic acids is 1. The number of rotatable bonds is 10. The van der Waals surface area contributed by atoms with Crippen LogP contribution in [0.4, 0.5) is 32.0 Å². The zero-order valence-electron chi connectivity index (χ0n) is 23.6. The van der Waals surface area contributed by atoms with Crippen molar-refractivity contribution in [2.75, 3.05) is 25.1 Å². The van der Waals surface area contributed by atoms with Crippen LogP contribution in [0.15, 0.2) is 21.9 Å². The number of hydrogen-bond acceptors (Lipinski definition) is 6. The molecule has 1 N–H and O–H groups in total. The first-order valence-corrected chi connectivity index (χ1v) is 16.1. The summed E-state index contributed by atoms with van der Waals surface area (Å²) in [6, 6.07) is 1.30. The summed E-state index contributed by atoms with van der Waals surface area (Å²) in [4.78, 5) is 13.4. The molecule has 0 unspecified atom stereocenters. The fourth-order valence-electron chi connectivity index (χ4n) is 5.42. The highest BCUT2D eigenvalue weighted by molar-refractivity contribution is 8.00. The number of likely N-dealkylation sites (N-methyl/N-ethyl adjacent to an activating group) is 1. The highest BCUT2D eigenvalue weighted by atomic mass is 32.2. The maximum absolute atomic E-state index is 14.1. The largest absolute Gasteiger partial charge is 0.491 e. The normalized spacial score (nSPS) is 24.6. The van der Waals surface area contributed by atoms with Crippen molar-refractivity contribution >= 4 is 33.4 Å². The van der Waals surface area contributed by atoms with Gasteiger partial charge in [0, 0.05) is 69.1 Å². The fourth-order valence-corrected chi connectivity index (χ4v) is 8.42. The van der Waals surface area contributed by atoms with Gasteiger partial charge in [-0.15, -0.1) is 11.8 Å². The van der Waals surface area contributed by atoms with Crippen LogP contribution in [0.2, 0.25) is 0 Å². The summed E-state index contributed by atoms with van der Waals surface area (Å²) >= 11 is 1.06. The SMILES string of the molecule is CN1[C@H](CCC(F)F)CN(C2CCC(F)(F)CC2)c2cc(SC3CC(F)(F)C3)c(OCC(C)(C)C(=O)O)cc2S1(=O)=O. The number of fused-ring (bicyclic) bond motifs is 1. The Hall–Kier alpha value is -1.87. The van der Waals surface area contributed by atoms with Crippen LogP contribution < -0.4 is 9.64 Å². The van der Waals surface area contributed by atoms with Crippen LogP contribution in [-0.4, -0.2) is 79.6 Å². The molecule has 15 heteroatoms. The van der Waals surface area contributed by atoms with Gasteiger partial charge in [-0.2, -0.15) is 4.31 Å². The van der Waals surface area contributed by atoms with Crippen LogP contribution in [0.25, 0.3) is 0 Å². The van der Waals surface area contributed by atoms with E-state index in [1.165, 1.54) is 33.0 Å². The van der Waals surface area contributed by atoms with E-state index in [4.69, 9.17) is 4.74 Å². The van der Waals surface area contributed by atoms with E-state index in [0.717, 1.165) is 16.1 Å². The molecule has 2 fully saturated rings. The molecule has 0 spiro atoms. The van der Waals surface area contributed by atoms with E-state index in [1.54, 1.807) is 4.90 Å². The maximum atomic E-state index is 14.1. The lowest BCUT2D eigenvalue weighted by molar-refractivity contribution is -0.148. The summed E-state index contributed by atoms with van der Waals surface area (Å²) in [6.45, 7) is 2.45. The number of carbonyl (C=O) groups is 1. The van der Waals surface area contributed by atoms with Gasteiger partial charge in [0.1, 0.15) is 17.3 Å². The Bertz CT molecular complexity index is 1260. The molecule has 0 radical (unpaired) electrons. The predicted octanol–water partition coefficient (Wildman–Crippen LogP) is 6.50. The second-order valence-corrected chi connectivity index (χ2v) is 15.4. The van der Waals surface area contributed by atoms with Crippen molar-refractivity contribution in [2.45, 2.75) is 111 Å². The van der Waals surface area contributed by atoms with Crippen LogP contribution in [-0.2, 0) is 14.8 Å². The molecule has 1 aromatic rings. The maximum Gasteiger partial charge on any atom is 0.312 e. The first-order valence-electron chi connectivity index (χ1n) is 13.8. The minimum Gasteiger partial charge on any atom is -0.491 e. The minimum atomic E-state index is -4.32.